The summed E-state index contributed by atoms with van der Waals surface area (Å²) in [6.45, 7) is 1.87. The first kappa shape index (κ1) is 14.2. The molecule has 0 atom stereocenters. The second-order valence-corrected chi connectivity index (χ2v) is 4.89. The molecular formula is C12H12N2O5S. The number of aliphatic hydroxyl groups is 1. The lowest BCUT2D eigenvalue weighted by molar-refractivity contribution is 0.00272. The van der Waals surface area contributed by atoms with E-state index < -0.39 is 18.2 Å². The van der Waals surface area contributed by atoms with Gasteiger partial charge < -0.3 is 19.6 Å². The Labute approximate surface area is 117 Å². The molecule has 0 aliphatic rings. The van der Waals surface area contributed by atoms with Gasteiger partial charge in [0, 0.05) is 12.7 Å². The molecule has 2 aromatic rings. The third-order valence-electron chi connectivity index (χ3n) is 2.65. The van der Waals surface area contributed by atoms with Crippen molar-refractivity contribution in [2.24, 2.45) is 5.16 Å². The fourth-order valence-electron chi connectivity index (χ4n) is 1.77. The highest BCUT2D eigenvalue weighted by atomic mass is 32.1. The van der Waals surface area contributed by atoms with E-state index >= 15 is 0 Å². The van der Waals surface area contributed by atoms with Crippen LogP contribution in [0.1, 0.15) is 22.2 Å². The van der Waals surface area contributed by atoms with Crippen molar-refractivity contribution in [3.63, 3.8) is 0 Å². The van der Waals surface area contributed by atoms with Gasteiger partial charge >= 0.3 is 5.97 Å². The molecule has 0 spiro atoms. The standard InChI is InChI=1S/C12H12N2O5S/c1-2-14-5-9(12(17)18)10(16)8-3-7(20-11(8)14)4-13-19-6-15/h3-5,15H,2,6H2,1H3,(H,17,18)/b13-4+. The van der Waals surface area contributed by atoms with Crippen LogP contribution < -0.4 is 5.43 Å². The minimum Gasteiger partial charge on any atom is -0.477 e. The summed E-state index contributed by atoms with van der Waals surface area (Å²) in [6.07, 6.45) is 2.70. The van der Waals surface area contributed by atoms with Gasteiger partial charge in [-0.2, -0.15) is 0 Å². The Bertz CT molecular complexity index is 731. The number of aromatic carboxylic acids is 1. The number of aromatic nitrogens is 1. The van der Waals surface area contributed by atoms with E-state index in [0.717, 1.165) is 0 Å². The van der Waals surface area contributed by atoms with Gasteiger partial charge in [-0.3, -0.25) is 4.79 Å². The van der Waals surface area contributed by atoms with Crippen LogP contribution in [0.3, 0.4) is 0 Å². The van der Waals surface area contributed by atoms with Crippen molar-refractivity contribution < 1.29 is 19.8 Å². The zero-order chi connectivity index (χ0) is 14.7. The number of oxime groups is 1. The average molecular weight is 296 g/mol. The number of carbonyl (C=O) groups is 1. The number of aryl methyl sites for hydroxylation is 1. The predicted molar refractivity (Wildman–Crippen MR) is 74.5 cm³/mol. The Balaban J connectivity index is 2.63. The number of aliphatic hydroxyl groups excluding tert-OH is 1. The van der Waals surface area contributed by atoms with Crippen LogP contribution in [0, 0.1) is 0 Å². The second-order valence-electron chi connectivity index (χ2n) is 3.82. The van der Waals surface area contributed by atoms with E-state index in [0.29, 0.717) is 21.6 Å². The summed E-state index contributed by atoms with van der Waals surface area (Å²) in [6, 6.07) is 1.56. The van der Waals surface area contributed by atoms with E-state index in [2.05, 4.69) is 9.99 Å². The van der Waals surface area contributed by atoms with Crippen LogP contribution in [0.2, 0.25) is 0 Å². The zero-order valence-corrected chi connectivity index (χ0v) is 11.4. The van der Waals surface area contributed by atoms with Crippen LogP contribution in [-0.4, -0.2) is 33.8 Å². The van der Waals surface area contributed by atoms with Gasteiger partial charge in [0.1, 0.15) is 10.4 Å². The molecule has 0 aliphatic carbocycles. The zero-order valence-electron chi connectivity index (χ0n) is 10.6. The lowest BCUT2D eigenvalue weighted by Crippen LogP contribution is -2.17. The van der Waals surface area contributed by atoms with Crippen LogP contribution in [0.5, 0.6) is 0 Å². The lowest BCUT2D eigenvalue weighted by Gasteiger charge is -2.05. The molecule has 0 saturated carbocycles. The van der Waals surface area contributed by atoms with E-state index in [1.54, 1.807) is 10.6 Å². The van der Waals surface area contributed by atoms with Gasteiger partial charge in [-0.25, -0.2) is 4.79 Å². The van der Waals surface area contributed by atoms with E-state index in [4.69, 9.17) is 10.2 Å². The van der Waals surface area contributed by atoms with E-state index in [1.165, 1.54) is 23.7 Å². The molecule has 0 unspecified atom stereocenters. The quantitative estimate of drug-likeness (QED) is 0.488. The number of carboxylic acids is 1. The summed E-state index contributed by atoms with van der Waals surface area (Å²) >= 11 is 1.29. The molecule has 0 saturated heterocycles. The largest absolute Gasteiger partial charge is 0.477 e. The third-order valence-corrected chi connectivity index (χ3v) is 3.76. The first-order valence-corrected chi connectivity index (χ1v) is 6.56. The van der Waals surface area contributed by atoms with Crippen molar-refractivity contribution in [3.8, 4) is 0 Å². The third kappa shape index (κ3) is 2.56. The SMILES string of the molecule is CCn1cc(C(=O)O)c(=O)c2cc(/C=N/OCO)sc21. The first-order valence-electron chi connectivity index (χ1n) is 5.75. The number of thiophene rings is 1. The molecule has 0 amide bonds. The number of rotatable bonds is 5. The van der Waals surface area contributed by atoms with Gasteiger partial charge in [0.2, 0.25) is 12.2 Å². The minimum absolute atomic E-state index is 0.257. The van der Waals surface area contributed by atoms with Crippen molar-refractivity contribution >= 4 is 33.7 Å². The first-order chi connectivity index (χ1) is 9.58. The Morgan fingerprint density at radius 1 is 1.60 bits per heavy atom. The second kappa shape index (κ2) is 5.85. The molecule has 2 N–H and O–H groups in total. The molecule has 106 valence electrons. The number of nitrogens with zero attached hydrogens (tertiary/aromatic N) is 2. The molecular weight excluding hydrogens is 284 g/mol. The number of pyridine rings is 1. The normalized spacial score (nSPS) is 11.3. The highest BCUT2D eigenvalue weighted by Gasteiger charge is 2.16. The smallest absolute Gasteiger partial charge is 0.341 e. The average Bonchev–Trinajstić information content (AvgIpc) is 2.84. The molecule has 7 nitrogen and oxygen atoms in total. The molecule has 8 heteroatoms. The summed E-state index contributed by atoms with van der Waals surface area (Å²) < 4.78 is 1.70. The lowest BCUT2D eigenvalue weighted by atomic mass is 10.2. The van der Waals surface area contributed by atoms with Gasteiger partial charge in [-0.15, -0.1) is 11.3 Å². The summed E-state index contributed by atoms with van der Waals surface area (Å²) in [5, 5.41) is 21.3. The van der Waals surface area contributed by atoms with Crippen molar-refractivity contribution in [2.75, 3.05) is 6.79 Å². The van der Waals surface area contributed by atoms with Crippen molar-refractivity contribution in [3.05, 3.63) is 32.9 Å². The highest BCUT2D eigenvalue weighted by Crippen LogP contribution is 2.23. The Morgan fingerprint density at radius 2 is 2.35 bits per heavy atom. The van der Waals surface area contributed by atoms with Crippen LogP contribution >= 0.6 is 11.3 Å². The van der Waals surface area contributed by atoms with E-state index in [9.17, 15) is 9.59 Å². The maximum atomic E-state index is 12.1. The molecule has 2 heterocycles. The number of hydrogen-bond donors (Lipinski definition) is 2. The number of hydrogen-bond acceptors (Lipinski definition) is 6. The van der Waals surface area contributed by atoms with Gasteiger partial charge in [0.05, 0.1) is 16.5 Å². The minimum atomic E-state index is -1.25. The number of fused-ring (bicyclic) bond motifs is 1. The monoisotopic (exact) mass is 296 g/mol. The fourth-order valence-corrected chi connectivity index (χ4v) is 2.82. The Kier molecular flexibility index (Phi) is 4.16. The molecule has 2 rings (SSSR count). The van der Waals surface area contributed by atoms with Gasteiger partial charge in [0.15, 0.2) is 0 Å². The molecule has 0 aliphatic heterocycles. The van der Waals surface area contributed by atoms with E-state index in [1.807, 2.05) is 6.92 Å². The Hall–Kier alpha value is -2.19. The van der Waals surface area contributed by atoms with Crippen LogP contribution in [-0.2, 0) is 11.4 Å². The maximum Gasteiger partial charge on any atom is 0.341 e. The highest BCUT2D eigenvalue weighted by molar-refractivity contribution is 7.20. The van der Waals surface area contributed by atoms with Crippen molar-refractivity contribution in [2.45, 2.75) is 13.5 Å². The van der Waals surface area contributed by atoms with Crippen molar-refractivity contribution in [1.29, 1.82) is 0 Å². The molecule has 0 fully saturated rings. The Morgan fingerprint density at radius 3 is 2.95 bits per heavy atom. The summed E-state index contributed by atoms with van der Waals surface area (Å²) in [5.41, 5.74) is -0.775. The molecule has 0 bridgehead atoms. The van der Waals surface area contributed by atoms with Gasteiger partial charge in [-0.05, 0) is 13.0 Å². The summed E-state index contributed by atoms with van der Waals surface area (Å²) in [7, 11) is 0. The van der Waals surface area contributed by atoms with E-state index in [-0.39, 0.29) is 5.56 Å². The number of carboxylic acid groups (broad SMARTS) is 1. The van der Waals surface area contributed by atoms with Gasteiger partial charge in [-0.1, -0.05) is 5.16 Å². The van der Waals surface area contributed by atoms with Crippen LogP contribution in [0.4, 0.5) is 0 Å². The topological polar surface area (TPSA) is 101 Å². The van der Waals surface area contributed by atoms with Crippen LogP contribution in [0.25, 0.3) is 10.2 Å². The predicted octanol–water partition coefficient (Wildman–Crippen LogP) is 1.08. The van der Waals surface area contributed by atoms with Crippen LogP contribution in [0.15, 0.2) is 22.2 Å². The molecule has 0 radical (unpaired) electrons. The molecule has 0 aromatic carbocycles. The molecule has 2 aromatic heterocycles. The van der Waals surface area contributed by atoms with Gasteiger partial charge in [0.25, 0.3) is 0 Å². The summed E-state index contributed by atoms with van der Waals surface area (Å²) in [5.74, 6) is -1.25. The molecule has 20 heavy (non-hydrogen) atoms. The van der Waals surface area contributed by atoms with Crippen molar-refractivity contribution in [1.82, 2.24) is 4.57 Å². The fraction of sp³-hybridized carbons (Fsp3) is 0.250. The maximum absolute atomic E-state index is 12.1. The summed E-state index contributed by atoms with van der Waals surface area (Å²) in [4.78, 5) is 28.9.